The van der Waals surface area contributed by atoms with Crippen LogP contribution < -0.4 is 5.73 Å². The molecular weight excluding hydrogens is 306 g/mol. The van der Waals surface area contributed by atoms with Crippen LogP contribution in [0.1, 0.15) is 31.2 Å². The van der Waals surface area contributed by atoms with Crippen LogP contribution in [0.2, 0.25) is 0 Å². The maximum Gasteiger partial charge on any atom is 0.180 e. The molecule has 21 heavy (non-hydrogen) atoms. The largest absolute Gasteiger partial charge is 0.389 e. The normalized spacial score (nSPS) is 16.2. The smallest absolute Gasteiger partial charge is 0.180 e. The van der Waals surface area contributed by atoms with Gasteiger partial charge in [-0.15, -0.1) is 0 Å². The Morgan fingerprint density at radius 2 is 1.86 bits per heavy atom. The van der Waals surface area contributed by atoms with Gasteiger partial charge in [-0.05, 0) is 30.9 Å². The molecule has 0 aromatic heterocycles. The zero-order valence-electron chi connectivity index (χ0n) is 12.0. The highest BCUT2D eigenvalue weighted by Gasteiger charge is 2.17. The van der Waals surface area contributed by atoms with Gasteiger partial charge in [0.25, 0.3) is 0 Å². The average molecular weight is 327 g/mol. The molecule has 0 atom stereocenters. The van der Waals surface area contributed by atoms with Crippen molar-refractivity contribution in [2.24, 2.45) is 11.7 Å². The molecule has 1 fully saturated rings. The maximum atomic E-state index is 12.2. The van der Waals surface area contributed by atoms with Crippen LogP contribution in [0.3, 0.4) is 0 Å². The summed E-state index contributed by atoms with van der Waals surface area (Å²) in [5.41, 5.74) is 6.16. The van der Waals surface area contributed by atoms with Gasteiger partial charge in [0.15, 0.2) is 9.84 Å². The van der Waals surface area contributed by atoms with Crippen LogP contribution in [-0.4, -0.2) is 32.4 Å². The SMILES string of the molecule is NC(=S)c1ccc(S(=O)(=O)CCOCC2CCCC2)cc1. The van der Waals surface area contributed by atoms with E-state index >= 15 is 0 Å². The zero-order valence-corrected chi connectivity index (χ0v) is 13.6. The third kappa shape index (κ3) is 4.76. The third-order valence-electron chi connectivity index (χ3n) is 3.82. The summed E-state index contributed by atoms with van der Waals surface area (Å²) in [6, 6.07) is 6.35. The summed E-state index contributed by atoms with van der Waals surface area (Å²) in [7, 11) is -3.31. The highest BCUT2D eigenvalue weighted by molar-refractivity contribution is 7.91. The Hall–Kier alpha value is -0.980. The Morgan fingerprint density at radius 3 is 2.43 bits per heavy atom. The van der Waals surface area contributed by atoms with Crippen LogP contribution in [0, 0.1) is 5.92 Å². The number of hydrogen-bond acceptors (Lipinski definition) is 4. The summed E-state index contributed by atoms with van der Waals surface area (Å²) < 4.78 is 29.8. The van der Waals surface area contributed by atoms with Gasteiger partial charge in [-0.25, -0.2) is 8.42 Å². The molecular formula is C15H21NO3S2. The first-order valence-corrected chi connectivity index (χ1v) is 9.25. The molecule has 1 saturated carbocycles. The Labute approximate surface area is 131 Å². The first-order chi connectivity index (χ1) is 9.99. The molecule has 1 aliphatic carbocycles. The Balaban J connectivity index is 1.84. The zero-order chi connectivity index (χ0) is 15.3. The van der Waals surface area contributed by atoms with E-state index in [0.717, 1.165) is 0 Å². The number of sulfone groups is 1. The van der Waals surface area contributed by atoms with Crippen molar-refractivity contribution in [2.75, 3.05) is 19.0 Å². The van der Waals surface area contributed by atoms with Crippen molar-refractivity contribution in [3.63, 3.8) is 0 Å². The fraction of sp³-hybridized carbons (Fsp3) is 0.533. The minimum Gasteiger partial charge on any atom is -0.389 e. The Morgan fingerprint density at radius 1 is 1.24 bits per heavy atom. The second-order valence-electron chi connectivity index (χ2n) is 5.43. The van der Waals surface area contributed by atoms with Crippen LogP contribution in [0.15, 0.2) is 29.2 Å². The topological polar surface area (TPSA) is 69.4 Å². The van der Waals surface area contributed by atoms with Crippen LogP contribution in [0.25, 0.3) is 0 Å². The molecule has 0 aliphatic heterocycles. The first kappa shape index (κ1) is 16.4. The first-order valence-electron chi connectivity index (χ1n) is 7.19. The lowest BCUT2D eigenvalue weighted by Crippen LogP contribution is -2.15. The fourth-order valence-electron chi connectivity index (χ4n) is 2.54. The van der Waals surface area contributed by atoms with Crippen LogP contribution in [0.4, 0.5) is 0 Å². The van der Waals surface area contributed by atoms with Gasteiger partial charge < -0.3 is 10.5 Å². The predicted octanol–water partition coefficient (Wildman–Crippen LogP) is 2.30. The van der Waals surface area contributed by atoms with Crippen molar-refractivity contribution < 1.29 is 13.2 Å². The molecule has 0 spiro atoms. The van der Waals surface area contributed by atoms with E-state index in [2.05, 4.69) is 0 Å². The van der Waals surface area contributed by atoms with Crippen LogP contribution >= 0.6 is 12.2 Å². The summed E-state index contributed by atoms with van der Waals surface area (Å²) in [4.78, 5) is 0.547. The van der Waals surface area contributed by atoms with Crippen LogP contribution in [0.5, 0.6) is 0 Å². The molecule has 116 valence electrons. The Bertz CT molecular complexity index is 575. The Kier molecular flexibility index (Phi) is 5.72. The van der Waals surface area contributed by atoms with E-state index in [1.165, 1.54) is 25.7 Å². The molecule has 0 radical (unpaired) electrons. The van der Waals surface area contributed by atoms with E-state index in [9.17, 15) is 8.42 Å². The predicted molar refractivity (Wildman–Crippen MR) is 87.2 cm³/mol. The molecule has 0 saturated heterocycles. The molecule has 0 amide bonds. The summed E-state index contributed by atoms with van der Waals surface area (Å²) in [5.74, 6) is 0.615. The number of thiocarbonyl (C=S) groups is 1. The van der Waals surface area contributed by atoms with Gasteiger partial charge in [0, 0.05) is 12.2 Å². The van der Waals surface area contributed by atoms with E-state index in [0.29, 0.717) is 18.1 Å². The average Bonchev–Trinajstić information content (AvgIpc) is 2.97. The van der Waals surface area contributed by atoms with Gasteiger partial charge >= 0.3 is 0 Å². The van der Waals surface area contributed by atoms with E-state index in [1.807, 2.05) is 0 Å². The van der Waals surface area contributed by atoms with Crippen molar-refractivity contribution in [2.45, 2.75) is 30.6 Å². The second-order valence-corrected chi connectivity index (χ2v) is 7.98. The molecule has 1 aliphatic rings. The molecule has 0 heterocycles. The number of nitrogens with two attached hydrogens (primary N) is 1. The monoisotopic (exact) mass is 327 g/mol. The molecule has 6 heteroatoms. The summed E-state index contributed by atoms with van der Waals surface area (Å²) in [6.45, 7) is 0.922. The molecule has 1 aromatic carbocycles. The molecule has 0 bridgehead atoms. The van der Waals surface area contributed by atoms with E-state index in [1.54, 1.807) is 24.3 Å². The second kappa shape index (κ2) is 7.33. The van der Waals surface area contributed by atoms with Gasteiger partial charge in [0.1, 0.15) is 4.99 Å². The van der Waals surface area contributed by atoms with Gasteiger partial charge in [-0.3, -0.25) is 0 Å². The lowest BCUT2D eigenvalue weighted by atomic mass is 10.1. The lowest BCUT2D eigenvalue weighted by molar-refractivity contribution is 0.114. The van der Waals surface area contributed by atoms with Crippen molar-refractivity contribution in [1.29, 1.82) is 0 Å². The molecule has 2 N–H and O–H groups in total. The highest BCUT2D eigenvalue weighted by atomic mass is 32.2. The minimum absolute atomic E-state index is 0.00609. The van der Waals surface area contributed by atoms with Gasteiger partial charge in [0.2, 0.25) is 0 Å². The standard InChI is InChI=1S/C15H21NO3S2/c16-15(20)13-5-7-14(8-6-13)21(17,18)10-9-19-11-12-3-1-2-4-12/h5-8,12H,1-4,9-11H2,(H2,16,20). The third-order valence-corrected chi connectivity index (χ3v) is 5.75. The van der Waals surface area contributed by atoms with Gasteiger partial charge in [0.05, 0.1) is 17.3 Å². The van der Waals surface area contributed by atoms with E-state index in [-0.39, 0.29) is 22.2 Å². The number of benzene rings is 1. The quantitative estimate of drug-likeness (QED) is 0.615. The van der Waals surface area contributed by atoms with Crippen LogP contribution in [-0.2, 0) is 14.6 Å². The number of rotatable bonds is 7. The van der Waals surface area contributed by atoms with Gasteiger partial charge in [-0.1, -0.05) is 37.2 Å². The molecule has 1 aromatic rings. The molecule has 4 nitrogen and oxygen atoms in total. The summed E-state index contributed by atoms with van der Waals surface area (Å²) in [6.07, 6.45) is 4.93. The molecule has 2 rings (SSSR count). The molecule has 0 unspecified atom stereocenters. The van der Waals surface area contributed by atoms with Crippen molar-refractivity contribution in [3.8, 4) is 0 Å². The fourth-order valence-corrected chi connectivity index (χ4v) is 3.80. The highest BCUT2D eigenvalue weighted by Crippen LogP contribution is 2.24. The van der Waals surface area contributed by atoms with Gasteiger partial charge in [-0.2, -0.15) is 0 Å². The van der Waals surface area contributed by atoms with Crippen molar-refractivity contribution in [1.82, 2.24) is 0 Å². The van der Waals surface area contributed by atoms with E-state index in [4.69, 9.17) is 22.7 Å². The van der Waals surface area contributed by atoms with Crippen molar-refractivity contribution in [3.05, 3.63) is 29.8 Å². The number of hydrogen-bond donors (Lipinski definition) is 1. The maximum absolute atomic E-state index is 12.2. The summed E-state index contributed by atoms with van der Waals surface area (Å²) in [5, 5.41) is 0. The lowest BCUT2D eigenvalue weighted by Gasteiger charge is -2.10. The minimum atomic E-state index is -3.31. The van der Waals surface area contributed by atoms with Crippen molar-refractivity contribution >= 4 is 27.0 Å². The van der Waals surface area contributed by atoms with E-state index < -0.39 is 9.84 Å². The summed E-state index contributed by atoms with van der Waals surface area (Å²) >= 11 is 4.85. The number of ether oxygens (including phenoxy) is 1.